The van der Waals surface area contributed by atoms with Gasteiger partial charge in [0.1, 0.15) is 0 Å². The van der Waals surface area contributed by atoms with Gasteiger partial charge in [-0.2, -0.15) is 0 Å². The molecule has 2 fully saturated rings. The summed E-state index contributed by atoms with van der Waals surface area (Å²) in [6, 6.07) is 0.563. The third kappa shape index (κ3) is 0.807. The third-order valence-electron chi connectivity index (χ3n) is 3.77. The van der Waals surface area contributed by atoms with Crippen LogP contribution in [0.3, 0.4) is 0 Å². The van der Waals surface area contributed by atoms with Crippen LogP contribution in [0.5, 0.6) is 0 Å². The predicted octanol–water partition coefficient (Wildman–Crippen LogP) is 1.55. The van der Waals surface area contributed by atoms with E-state index in [0.29, 0.717) is 6.04 Å². The Bertz CT molecular complexity index is 209. The van der Waals surface area contributed by atoms with Gasteiger partial charge in [0, 0.05) is 6.04 Å². The Morgan fingerprint density at radius 1 is 1.00 bits per heavy atom. The van der Waals surface area contributed by atoms with Crippen LogP contribution in [0.4, 0.5) is 0 Å². The van der Waals surface area contributed by atoms with Crippen molar-refractivity contribution in [2.24, 2.45) is 29.4 Å². The molecule has 11 heavy (non-hydrogen) atoms. The molecule has 0 radical (unpaired) electrons. The smallest absolute Gasteiger partial charge is 0.00739 e. The van der Waals surface area contributed by atoms with Crippen LogP contribution in [0, 0.1) is 23.7 Å². The lowest BCUT2D eigenvalue weighted by Crippen LogP contribution is -2.14. The van der Waals surface area contributed by atoms with Crippen LogP contribution in [0.2, 0.25) is 0 Å². The van der Waals surface area contributed by atoms with E-state index < -0.39 is 0 Å². The van der Waals surface area contributed by atoms with E-state index in [1.807, 2.05) is 0 Å². The maximum Gasteiger partial charge on any atom is 0.00739 e. The molecule has 0 aromatic heterocycles. The van der Waals surface area contributed by atoms with Crippen molar-refractivity contribution in [2.45, 2.75) is 25.3 Å². The number of rotatable bonds is 1. The average Bonchev–Trinajstić information content (AvgIpc) is 2.52. The molecular weight excluding hydrogens is 134 g/mol. The number of hydrogen-bond acceptors (Lipinski definition) is 1. The molecule has 3 rings (SSSR count). The summed E-state index contributed by atoms with van der Waals surface area (Å²) < 4.78 is 0. The maximum absolute atomic E-state index is 5.85. The van der Waals surface area contributed by atoms with E-state index in [0.717, 1.165) is 23.7 Å². The zero-order chi connectivity index (χ0) is 7.42. The number of hydrogen-bond donors (Lipinski definition) is 1. The van der Waals surface area contributed by atoms with Crippen molar-refractivity contribution in [3.63, 3.8) is 0 Å². The summed E-state index contributed by atoms with van der Waals surface area (Å²) in [4.78, 5) is 0. The molecule has 5 unspecified atom stereocenters. The predicted molar refractivity (Wildman–Crippen MR) is 44.9 cm³/mol. The van der Waals surface area contributed by atoms with Crippen LogP contribution in [0.15, 0.2) is 12.2 Å². The summed E-state index contributed by atoms with van der Waals surface area (Å²) in [6.07, 6.45) is 9.04. The van der Waals surface area contributed by atoms with Crippen molar-refractivity contribution in [3.8, 4) is 0 Å². The molecule has 2 N–H and O–H groups in total. The van der Waals surface area contributed by atoms with E-state index in [9.17, 15) is 0 Å². The number of nitrogens with two attached hydrogens (primary N) is 1. The first-order valence-corrected chi connectivity index (χ1v) is 4.78. The Morgan fingerprint density at radius 3 is 2.27 bits per heavy atom. The first-order chi connectivity index (χ1) is 5.34. The van der Waals surface area contributed by atoms with E-state index in [2.05, 4.69) is 12.2 Å². The van der Waals surface area contributed by atoms with Crippen molar-refractivity contribution in [1.82, 2.24) is 0 Å². The van der Waals surface area contributed by atoms with Crippen LogP contribution in [-0.4, -0.2) is 6.04 Å². The molecule has 0 amide bonds. The van der Waals surface area contributed by atoms with E-state index in [-0.39, 0.29) is 0 Å². The van der Waals surface area contributed by atoms with Gasteiger partial charge in [-0.25, -0.2) is 0 Å². The van der Waals surface area contributed by atoms with Gasteiger partial charge in [-0.15, -0.1) is 0 Å². The van der Waals surface area contributed by atoms with Gasteiger partial charge < -0.3 is 5.73 Å². The van der Waals surface area contributed by atoms with Gasteiger partial charge in [0.25, 0.3) is 0 Å². The minimum absolute atomic E-state index is 0.563. The van der Waals surface area contributed by atoms with Crippen molar-refractivity contribution in [3.05, 3.63) is 12.2 Å². The van der Waals surface area contributed by atoms with Gasteiger partial charge in [0.2, 0.25) is 0 Å². The summed E-state index contributed by atoms with van der Waals surface area (Å²) >= 11 is 0. The first kappa shape index (κ1) is 6.24. The molecule has 1 nitrogen and oxygen atoms in total. The lowest BCUT2D eigenvalue weighted by molar-refractivity contribution is 0.387. The van der Waals surface area contributed by atoms with Crippen molar-refractivity contribution >= 4 is 0 Å². The zero-order valence-electron chi connectivity index (χ0n) is 6.74. The van der Waals surface area contributed by atoms with Gasteiger partial charge >= 0.3 is 0 Å². The molecule has 60 valence electrons. The molecule has 0 saturated heterocycles. The minimum atomic E-state index is 0.563. The fraction of sp³-hybridized carbons (Fsp3) is 0.800. The molecule has 5 atom stereocenters. The SMILES string of the molecule is NC1CC1C1CC2C=CC1C2. The standard InChI is InChI=1S/C10H15N/c11-10-5-9(10)8-4-6-1-2-7(8)3-6/h1-2,6-10H,3-5,11H2. The minimum Gasteiger partial charge on any atom is -0.327 e. The van der Waals surface area contributed by atoms with Crippen LogP contribution in [-0.2, 0) is 0 Å². The van der Waals surface area contributed by atoms with Gasteiger partial charge in [-0.3, -0.25) is 0 Å². The Morgan fingerprint density at radius 2 is 1.82 bits per heavy atom. The first-order valence-electron chi connectivity index (χ1n) is 4.78. The van der Waals surface area contributed by atoms with Gasteiger partial charge in [-0.05, 0) is 42.9 Å². The van der Waals surface area contributed by atoms with Crippen molar-refractivity contribution < 1.29 is 0 Å². The highest BCUT2D eigenvalue weighted by atomic mass is 14.8. The lowest BCUT2D eigenvalue weighted by Gasteiger charge is -2.16. The molecular formula is C10H15N. The van der Waals surface area contributed by atoms with Gasteiger partial charge in [-0.1, -0.05) is 12.2 Å². The molecule has 3 aliphatic rings. The van der Waals surface area contributed by atoms with E-state index >= 15 is 0 Å². The van der Waals surface area contributed by atoms with E-state index in [1.165, 1.54) is 19.3 Å². The second kappa shape index (κ2) is 1.89. The Balaban J connectivity index is 1.77. The third-order valence-corrected chi connectivity index (χ3v) is 3.77. The highest BCUT2D eigenvalue weighted by molar-refractivity contribution is 5.14. The molecule has 1 heteroatoms. The second-order valence-electron chi connectivity index (χ2n) is 4.51. The number of fused-ring (bicyclic) bond motifs is 2. The van der Waals surface area contributed by atoms with Gasteiger partial charge in [0.05, 0.1) is 0 Å². The number of allylic oxidation sites excluding steroid dienone is 2. The van der Waals surface area contributed by atoms with Crippen molar-refractivity contribution in [1.29, 1.82) is 0 Å². The topological polar surface area (TPSA) is 26.0 Å². The summed E-state index contributed by atoms with van der Waals surface area (Å²) in [5.74, 6) is 3.71. The van der Waals surface area contributed by atoms with E-state index in [4.69, 9.17) is 5.73 Å². The molecule has 2 bridgehead atoms. The van der Waals surface area contributed by atoms with Crippen LogP contribution in [0.25, 0.3) is 0 Å². The summed E-state index contributed by atoms with van der Waals surface area (Å²) in [6.45, 7) is 0. The lowest BCUT2D eigenvalue weighted by atomic mass is 9.89. The fourth-order valence-electron chi connectivity index (χ4n) is 3.04. The summed E-state index contributed by atoms with van der Waals surface area (Å²) in [5, 5.41) is 0. The molecule has 3 aliphatic carbocycles. The highest BCUT2D eigenvalue weighted by Gasteiger charge is 2.48. The Labute approximate surface area is 67.7 Å². The Kier molecular flexibility index (Phi) is 1.07. The Hall–Kier alpha value is -0.300. The summed E-state index contributed by atoms with van der Waals surface area (Å²) in [7, 11) is 0. The molecule has 0 aromatic carbocycles. The zero-order valence-corrected chi connectivity index (χ0v) is 6.74. The molecule has 0 spiro atoms. The van der Waals surface area contributed by atoms with Crippen LogP contribution in [0.1, 0.15) is 19.3 Å². The maximum atomic E-state index is 5.85. The molecule has 0 aliphatic heterocycles. The van der Waals surface area contributed by atoms with Crippen molar-refractivity contribution in [2.75, 3.05) is 0 Å². The monoisotopic (exact) mass is 149 g/mol. The largest absolute Gasteiger partial charge is 0.327 e. The molecule has 0 heterocycles. The quantitative estimate of drug-likeness (QED) is 0.562. The summed E-state index contributed by atoms with van der Waals surface area (Å²) in [5.41, 5.74) is 5.85. The van der Waals surface area contributed by atoms with Crippen LogP contribution >= 0.6 is 0 Å². The molecule has 0 aromatic rings. The molecule has 2 saturated carbocycles. The van der Waals surface area contributed by atoms with Gasteiger partial charge in [0.15, 0.2) is 0 Å². The van der Waals surface area contributed by atoms with E-state index in [1.54, 1.807) is 0 Å². The fourth-order valence-corrected chi connectivity index (χ4v) is 3.04. The normalized spacial score (nSPS) is 58.8. The van der Waals surface area contributed by atoms with Crippen LogP contribution < -0.4 is 5.73 Å². The highest BCUT2D eigenvalue weighted by Crippen LogP contribution is 2.52. The average molecular weight is 149 g/mol. The second-order valence-corrected chi connectivity index (χ2v) is 4.51.